The average molecular weight is 304 g/mol. The predicted molar refractivity (Wildman–Crippen MR) is 67.4 cm³/mol. The zero-order chi connectivity index (χ0) is 10.7. The van der Waals surface area contributed by atoms with Crippen LogP contribution >= 0.6 is 39.3 Å². The number of thioether (sulfide) groups is 1. The zero-order valence-corrected chi connectivity index (χ0v) is 10.9. The Morgan fingerprint density at radius 2 is 2.00 bits per heavy atom. The normalized spacial score (nSPS) is 10.5. The number of hydrogen-bond acceptors (Lipinski definition) is 2. The minimum Gasteiger partial charge on any atom is -0.453 e. The van der Waals surface area contributed by atoms with Gasteiger partial charge in [0.25, 0.3) is 0 Å². The Morgan fingerprint density at radius 1 is 1.20 bits per heavy atom. The molecule has 0 radical (unpaired) electrons. The standard InChI is InChI=1S/C11H8BrClOS/c12-11-6-5-8(14-11)7-15-10-4-2-1-3-9(10)13/h1-6H,7H2. The molecule has 0 saturated heterocycles. The second kappa shape index (κ2) is 5.10. The van der Waals surface area contributed by atoms with Crippen LogP contribution in [0.1, 0.15) is 5.76 Å². The minimum atomic E-state index is 0.761. The molecule has 4 heteroatoms. The Morgan fingerprint density at radius 3 is 2.67 bits per heavy atom. The van der Waals surface area contributed by atoms with Gasteiger partial charge in [-0.25, -0.2) is 0 Å². The van der Waals surface area contributed by atoms with Gasteiger partial charge in [0.05, 0.1) is 10.8 Å². The molecule has 0 fully saturated rings. The van der Waals surface area contributed by atoms with E-state index in [0.717, 1.165) is 26.1 Å². The van der Waals surface area contributed by atoms with Crippen LogP contribution in [-0.2, 0) is 5.75 Å². The van der Waals surface area contributed by atoms with Crippen molar-refractivity contribution in [3.8, 4) is 0 Å². The van der Waals surface area contributed by atoms with Crippen LogP contribution in [0.4, 0.5) is 0 Å². The highest BCUT2D eigenvalue weighted by molar-refractivity contribution is 9.10. The van der Waals surface area contributed by atoms with Crippen LogP contribution in [-0.4, -0.2) is 0 Å². The molecule has 1 nitrogen and oxygen atoms in total. The lowest BCUT2D eigenvalue weighted by molar-refractivity contribution is 0.507. The first kappa shape index (κ1) is 11.1. The van der Waals surface area contributed by atoms with Crippen LogP contribution in [0.15, 0.2) is 50.4 Å². The molecule has 0 N–H and O–H groups in total. The van der Waals surface area contributed by atoms with E-state index in [9.17, 15) is 0 Å². The van der Waals surface area contributed by atoms with E-state index in [1.165, 1.54) is 0 Å². The molecule has 78 valence electrons. The van der Waals surface area contributed by atoms with E-state index in [1.807, 2.05) is 36.4 Å². The second-order valence-corrected chi connectivity index (χ2v) is 5.13. The predicted octanol–water partition coefficient (Wildman–Crippen LogP) is 4.99. The summed E-state index contributed by atoms with van der Waals surface area (Å²) in [5.74, 6) is 1.72. The molecular weight excluding hydrogens is 296 g/mol. The smallest absolute Gasteiger partial charge is 0.169 e. The zero-order valence-electron chi connectivity index (χ0n) is 7.74. The van der Waals surface area contributed by atoms with E-state index < -0.39 is 0 Å². The molecule has 1 aromatic carbocycles. The lowest BCUT2D eigenvalue weighted by atomic mass is 10.4. The minimum absolute atomic E-state index is 0.761. The highest BCUT2D eigenvalue weighted by atomic mass is 79.9. The van der Waals surface area contributed by atoms with Crippen molar-refractivity contribution >= 4 is 39.3 Å². The average Bonchev–Trinajstić information content (AvgIpc) is 2.63. The molecular formula is C11H8BrClOS. The Labute approximate surface area is 106 Å². The maximum atomic E-state index is 6.03. The second-order valence-electron chi connectivity index (χ2n) is 2.92. The van der Waals surface area contributed by atoms with Crippen LogP contribution in [0.25, 0.3) is 0 Å². The van der Waals surface area contributed by atoms with E-state index in [0.29, 0.717) is 0 Å². The lowest BCUT2D eigenvalue weighted by Crippen LogP contribution is -1.77. The summed E-state index contributed by atoms with van der Waals surface area (Å²) in [5.41, 5.74) is 0. The quantitative estimate of drug-likeness (QED) is 0.741. The van der Waals surface area contributed by atoms with Gasteiger partial charge in [-0.15, -0.1) is 11.8 Å². The van der Waals surface area contributed by atoms with E-state index in [1.54, 1.807) is 11.8 Å². The van der Waals surface area contributed by atoms with Crippen molar-refractivity contribution in [1.82, 2.24) is 0 Å². The van der Waals surface area contributed by atoms with Crippen LogP contribution in [0.2, 0.25) is 5.02 Å². The van der Waals surface area contributed by atoms with Gasteiger partial charge >= 0.3 is 0 Å². The van der Waals surface area contributed by atoms with Gasteiger partial charge in [0, 0.05) is 4.90 Å². The molecule has 2 rings (SSSR count). The molecule has 0 bridgehead atoms. The highest BCUT2D eigenvalue weighted by Gasteiger charge is 2.03. The molecule has 0 amide bonds. The van der Waals surface area contributed by atoms with E-state index >= 15 is 0 Å². The van der Waals surface area contributed by atoms with Gasteiger partial charge in [0.1, 0.15) is 5.76 Å². The number of halogens is 2. The Kier molecular flexibility index (Phi) is 3.78. The van der Waals surface area contributed by atoms with Crippen LogP contribution in [0.3, 0.4) is 0 Å². The Hall–Kier alpha value is -0.380. The topological polar surface area (TPSA) is 13.1 Å². The Balaban J connectivity index is 2.02. The molecule has 0 unspecified atom stereocenters. The van der Waals surface area contributed by atoms with Crippen molar-refractivity contribution < 1.29 is 4.42 Å². The molecule has 0 aliphatic carbocycles. The molecule has 0 atom stereocenters. The van der Waals surface area contributed by atoms with Gasteiger partial charge in [-0.05, 0) is 40.2 Å². The fraction of sp³-hybridized carbons (Fsp3) is 0.0909. The van der Waals surface area contributed by atoms with E-state index in [-0.39, 0.29) is 0 Å². The molecule has 1 aromatic heterocycles. The fourth-order valence-corrected chi connectivity index (χ4v) is 2.61. The maximum Gasteiger partial charge on any atom is 0.169 e. The molecule has 0 aliphatic heterocycles. The van der Waals surface area contributed by atoms with Gasteiger partial charge in [-0.1, -0.05) is 23.7 Å². The monoisotopic (exact) mass is 302 g/mol. The summed E-state index contributed by atoms with van der Waals surface area (Å²) in [7, 11) is 0. The van der Waals surface area contributed by atoms with Gasteiger partial charge in [-0.2, -0.15) is 0 Å². The van der Waals surface area contributed by atoms with Crippen molar-refractivity contribution in [2.24, 2.45) is 0 Å². The largest absolute Gasteiger partial charge is 0.453 e. The SMILES string of the molecule is Clc1ccccc1SCc1ccc(Br)o1. The van der Waals surface area contributed by atoms with E-state index in [4.69, 9.17) is 16.0 Å². The summed E-state index contributed by atoms with van der Waals surface area (Å²) in [6.07, 6.45) is 0. The maximum absolute atomic E-state index is 6.03. The van der Waals surface area contributed by atoms with Crippen molar-refractivity contribution in [1.29, 1.82) is 0 Å². The highest BCUT2D eigenvalue weighted by Crippen LogP contribution is 2.30. The van der Waals surface area contributed by atoms with Crippen molar-refractivity contribution in [2.75, 3.05) is 0 Å². The van der Waals surface area contributed by atoms with Crippen molar-refractivity contribution in [3.63, 3.8) is 0 Å². The number of rotatable bonds is 3. The summed E-state index contributed by atoms with van der Waals surface area (Å²) in [6, 6.07) is 11.6. The summed E-state index contributed by atoms with van der Waals surface area (Å²) in [5, 5.41) is 0.785. The molecule has 15 heavy (non-hydrogen) atoms. The van der Waals surface area contributed by atoms with E-state index in [2.05, 4.69) is 15.9 Å². The first-order valence-electron chi connectivity index (χ1n) is 4.37. The third-order valence-corrected chi connectivity index (χ3v) is 3.80. The van der Waals surface area contributed by atoms with Gasteiger partial charge in [0.15, 0.2) is 4.67 Å². The number of furan rings is 1. The third kappa shape index (κ3) is 3.03. The van der Waals surface area contributed by atoms with Crippen LogP contribution in [0, 0.1) is 0 Å². The molecule has 0 saturated carbocycles. The molecule has 0 spiro atoms. The molecule has 1 heterocycles. The Bertz CT molecular complexity index is 455. The summed E-state index contributed by atoms with van der Waals surface area (Å²) in [4.78, 5) is 1.08. The molecule has 0 aliphatic rings. The fourth-order valence-electron chi connectivity index (χ4n) is 1.14. The first-order chi connectivity index (χ1) is 7.25. The number of hydrogen-bond donors (Lipinski definition) is 0. The van der Waals surface area contributed by atoms with Crippen LogP contribution < -0.4 is 0 Å². The van der Waals surface area contributed by atoms with Gasteiger partial charge in [-0.3, -0.25) is 0 Å². The lowest BCUT2D eigenvalue weighted by Gasteiger charge is -2.01. The van der Waals surface area contributed by atoms with Crippen molar-refractivity contribution in [3.05, 3.63) is 51.9 Å². The summed E-state index contributed by atoms with van der Waals surface area (Å²) in [6.45, 7) is 0. The molecule has 2 aromatic rings. The van der Waals surface area contributed by atoms with Gasteiger partial charge < -0.3 is 4.42 Å². The number of benzene rings is 1. The summed E-state index contributed by atoms with van der Waals surface area (Å²) >= 11 is 11.0. The first-order valence-corrected chi connectivity index (χ1v) is 6.53. The third-order valence-electron chi connectivity index (χ3n) is 1.84. The van der Waals surface area contributed by atoms with Crippen molar-refractivity contribution in [2.45, 2.75) is 10.6 Å². The summed E-state index contributed by atoms with van der Waals surface area (Å²) < 4.78 is 6.16. The van der Waals surface area contributed by atoms with Crippen LogP contribution in [0.5, 0.6) is 0 Å². The van der Waals surface area contributed by atoms with Gasteiger partial charge in [0.2, 0.25) is 0 Å².